The maximum atomic E-state index is 12.8. The Kier molecular flexibility index (Phi) is 5.13. The molecule has 6 nitrogen and oxygen atoms in total. The molecule has 1 N–H and O–H groups in total. The van der Waals surface area contributed by atoms with E-state index in [2.05, 4.69) is 29.1 Å². The molecular weight excluding hydrogens is 336 g/mol. The Morgan fingerprint density at radius 3 is 2.80 bits per heavy atom. The van der Waals surface area contributed by atoms with Crippen LogP contribution < -0.4 is 5.32 Å². The molecule has 0 aliphatic carbocycles. The van der Waals surface area contributed by atoms with Crippen LogP contribution in [0.15, 0.2) is 29.9 Å². The molecule has 132 valence electrons. The Morgan fingerprint density at radius 1 is 1.36 bits per heavy atom. The zero-order chi connectivity index (χ0) is 18.0. The van der Waals surface area contributed by atoms with E-state index in [1.807, 2.05) is 12.1 Å². The van der Waals surface area contributed by atoms with Gasteiger partial charge < -0.3 is 10.2 Å². The summed E-state index contributed by atoms with van der Waals surface area (Å²) in [5.41, 5.74) is 1.36. The standard InChI is InChI=1S/C18H22N4O2S/c1-11(2)14-8-22(9-15(14)20-12(3)23)18(24)16-10-25-17(21-16)13-5-4-6-19-7-13/h4-7,10-11,14-15H,8-9H2,1-3H3,(H,20,23)/t14-,15+/m0/s1. The highest BCUT2D eigenvalue weighted by molar-refractivity contribution is 7.13. The number of likely N-dealkylation sites (tertiary alicyclic amines) is 1. The van der Waals surface area contributed by atoms with Gasteiger partial charge in [-0.15, -0.1) is 11.3 Å². The summed E-state index contributed by atoms with van der Waals surface area (Å²) >= 11 is 1.44. The molecule has 2 aromatic rings. The number of rotatable bonds is 4. The van der Waals surface area contributed by atoms with E-state index in [9.17, 15) is 9.59 Å². The highest BCUT2D eigenvalue weighted by Crippen LogP contribution is 2.28. The molecule has 0 radical (unpaired) electrons. The van der Waals surface area contributed by atoms with Crippen molar-refractivity contribution in [2.45, 2.75) is 26.8 Å². The predicted molar refractivity (Wildman–Crippen MR) is 97.2 cm³/mol. The van der Waals surface area contributed by atoms with Crippen molar-refractivity contribution >= 4 is 23.2 Å². The number of carbonyl (C=O) groups is 2. The molecule has 2 amide bonds. The molecule has 0 aromatic carbocycles. The number of thiazole rings is 1. The Labute approximate surface area is 151 Å². The summed E-state index contributed by atoms with van der Waals surface area (Å²) in [6.45, 7) is 6.93. The zero-order valence-corrected chi connectivity index (χ0v) is 15.4. The number of hydrogen-bond acceptors (Lipinski definition) is 5. The molecule has 1 aliphatic rings. The molecule has 25 heavy (non-hydrogen) atoms. The number of carbonyl (C=O) groups excluding carboxylic acids is 2. The van der Waals surface area contributed by atoms with Gasteiger partial charge in [-0.05, 0) is 18.1 Å². The summed E-state index contributed by atoms with van der Waals surface area (Å²) in [4.78, 5) is 34.6. The van der Waals surface area contributed by atoms with Crippen LogP contribution in [0.1, 0.15) is 31.3 Å². The van der Waals surface area contributed by atoms with E-state index in [1.54, 1.807) is 22.7 Å². The molecule has 0 spiro atoms. The highest BCUT2D eigenvalue weighted by Gasteiger charge is 2.38. The number of nitrogens with zero attached hydrogens (tertiary/aromatic N) is 3. The second-order valence-corrected chi connectivity index (χ2v) is 7.56. The van der Waals surface area contributed by atoms with Crippen LogP contribution in [0.3, 0.4) is 0 Å². The molecule has 1 saturated heterocycles. The second kappa shape index (κ2) is 7.31. The smallest absolute Gasteiger partial charge is 0.273 e. The van der Waals surface area contributed by atoms with E-state index >= 15 is 0 Å². The van der Waals surface area contributed by atoms with Gasteiger partial charge in [0.05, 0.1) is 6.04 Å². The topological polar surface area (TPSA) is 75.2 Å². The Morgan fingerprint density at radius 2 is 2.16 bits per heavy atom. The molecular formula is C18H22N4O2S. The first kappa shape index (κ1) is 17.5. The van der Waals surface area contributed by atoms with Crippen LogP contribution in [0.2, 0.25) is 0 Å². The summed E-state index contributed by atoms with van der Waals surface area (Å²) in [5.74, 6) is 0.502. The number of hydrogen-bond donors (Lipinski definition) is 1. The van der Waals surface area contributed by atoms with Gasteiger partial charge in [-0.2, -0.15) is 0 Å². The van der Waals surface area contributed by atoms with Crippen molar-refractivity contribution in [3.05, 3.63) is 35.6 Å². The molecule has 1 aliphatic heterocycles. The highest BCUT2D eigenvalue weighted by atomic mass is 32.1. The summed E-state index contributed by atoms with van der Waals surface area (Å²) in [6.07, 6.45) is 3.45. The van der Waals surface area contributed by atoms with Gasteiger partial charge in [0.15, 0.2) is 0 Å². The monoisotopic (exact) mass is 358 g/mol. The van der Waals surface area contributed by atoms with Crippen molar-refractivity contribution in [3.63, 3.8) is 0 Å². The SMILES string of the molecule is CC(=O)N[C@@H]1CN(C(=O)c2csc(-c3cccnc3)n2)C[C@H]1C(C)C. The second-order valence-electron chi connectivity index (χ2n) is 6.70. The normalized spacial score (nSPS) is 20.1. The summed E-state index contributed by atoms with van der Waals surface area (Å²) in [7, 11) is 0. The van der Waals surface area contributed by atoms with Gasteiger partial charge in [0.25, 0.3) is 5.91 Å². The maximum absolute atomic E-state index is 12.8. The lowest BCUT2D eigenvalue weighted by Crippen LogP contribution is -2.41. The average Bonchev–Trinajstić information content (AvgIpc) is 3.22. The van der Waals surface area contributed by atoms with Gasteiger partial charge in [0.2, 0.25) is 5.91 Å². The fourth-order valence-corrected chi connectivity index (χ4v) is 4.02. The largest absolute Gasteiger partial charge is 0.351 e. The molecule has 0 bridgehead atoms. The van der Waals surface area contributed by atoms with Crippen LogP contribution in [-0.2, 0) is 4.79 Å². The van der Waals surface area contributed by atoms with E-state index in [0.29, 0.717) is 24.7 Å². The zero-order valence-electron chi connectivity index (χ0n) is 14.6. The quantitative estimate of drug-likeness (QED) is 0.911. The Hall–Kier alpha value is -2.28. The third-order valence-corrected chi connectivity index (χ3v) is 5.42. The van der Waals surface area contributed by atoms with Crippen molar-refractivity contribution < 1.29 is 9.59 Å². The van der Waals surface area contributed by atoms with Gasteiger partial charge in [0, 0.05) is 49.3 Å². The molecule has 3 heterocycles. The average molecular weight is 358 g/mol. The van der Waals surface area contributed by atoms with Crippen LogP contribution in [0.4, 0.5) is 0 Å². The number of aromatic nitrogens is 2. The van der Waals surface area contributed by atoms with Gasteiger partial charge in [-0.3, -0.25) is 14.6 Å². The van der Waals surface area contributed by atoms with Crippen LogP contribution in [0.5, 0.6) is 0 Å². The van der Waals surface area contributed by atoms with Crippen molar-refractivity contribution in [2.24, 2.45) is 11.8 Å². The summed E-state index contributed by atoms with van der Waals surface area (Å²) in [6, 6.07) is 3.78. The third-order valence-electron chi connectivity index (χ3n) is 4.53. The van der Waals surface area contributed by atoms with E-state index in [1.165, 1.54) is 18.3 Å². The summed E-state index contributed by atoms with van der Waals surface area (Å²) < 4.78 is 0. The minimum absolute atomic E-state index is 0.00196. The fourth-order valence-electron chi connectivity index (χ4n) is 3.24. The number of amides is 2. The molecule has 2 aromatic heterocycles. The van der Waals surface area contributed by atoms with Crippen LogP contribution in [0.25, 0.3) is 10.6 Å². The lowest BCUT2D eigenvalue weighted by atomic mass is 9.91. The van der Waals surface area contributed by atoms with Crippen molar-refractivity contribution in [2.75, 3.05) is 13.1 Å². The van der Waals surface area contributed by atoms with Gasteiger partial charge in [-0.1, -0.05) is 13.8 Å². The van der Waals surface area contributed by atoms with E-state index in [0.717, 1.165) is 10.6 Å². The first-order chi connectivity index (χ1) is 12.0. The van der Waals surface area contributed by atoms with Crippen molar-refractivity contribution in [3.8, 4) is 10.6 Å². The minimum atomic E-state index is -0.0788. The van der Waals surface area contributed by atoms with Crippen molar-refractivity contribution in [1.29, 1.82) is 0 Å². The molecule has 2 atom stereocenters. The number of pyridine rings is 1. The predicted octanol–water partition coefficient (Wildman–Crippen LogP) is 2.44. The minimum Gasteiger partial charge on any atom is -0.351 e. The molecule has 1 fully saturated rings. The summed E-state index contributed by atoms with van der Waals surface area (Å²) in [5, 5.41) is 5.56. The fraction of sp³-hybridized carbons (Fsp3) is 0.444. The first-order valence-electron chi connectivity index (χ1n) is 8.38. The Balaban J connectivity index is 1.75. The van der Waals surface area contributed by atoms with E-state index in [4.69, 9.17) is 0 Å². The van der Waals surface area contributed by atoms with Crippen LogP contribution in [0, 0.1) is 11.8 Å². The lowest BCUT2D eigenvalue weighted by Gasteiger charge is -2.21. The van der Waals surface area contributed by atoms with Gasteiger partial charge in [0.1, 0.15) is 10.7 Å². The maximum Gasteiger partial charge on any atom is 0.273 e. The molecule has 3 rings (SSSR count). The lowest BCUT2D eigenvalue weighted by molar-refractivity contribution is -0.119. The molecule has 7 heteroatoms. The van der Waals surface area contributed by atoms with Crippen LogP contribution in [-0.4, -0.2) is 45.8 Å². The Bertz CT molecular complexity index is 759. The molecule has 0 unspecified atom stereocenters. The van der Waals surface area contributed by atoms with Gasteiger partial charge in [-0.25, -0.2) is 4.98 Å². The van der Waals surface area contributed by atoms with Crippen LogP contribution >= 0.6 is 11.3 Å². The van der Waals surface area contributed by atoms with Crippen molar-refractivity contribution in [1.82, 2.24) is 20.2 Å². The van der Waals surface area contributed by atoms with E-state index < -0.39 is 0 Å². The van der Waals surface area contributed by atoms with Gasteiger partial charge >= 0.3 is 0 Å². The molecule has 0 saturated carbocycles. The number of nitrogens with one attached hydrogen (secondary N) is 1. The first-order valence-corrected chi connectivity index (χ1v) is 9.26. The van der Waals surface area contributed by atoms with E-state index in [-0.39, 0.29) is 23.8 Å². The third kappa shape index (κ3) is 3.87.